The maximum absolute atomic E-state index is 13.5. The van der Waals surface area contributed by atoms with Gasteiger partial charge >= 0.3 is 5.97 Å². The van der Waals surface area contributed by atoms with Crippen LogP contribution in [0.15, 0.2) is 47.4 Å². The van der Waals surface area contributed by atoms with E-state index in [2.05, 4.69) is 4.74 Å². The third kappa shape index (κ3) is 4.39. The number of rotatable bonds is 7. The molecule has 0 aliphatic carbocycles. The van der Waals surface area contributed by atoms with Crippen molar-refractivity contribution < 1.29 is 27.1 Å². The molecular weight excluding hydrogens is 361 g/mol. The van der Waals surface area contributed by atoms with E-state index in [4.69, 9.17) is 4.74 Å². The highest BCUT2D eigenvalue weighted by molar-refractivity contribution is 7.89. The SMILES string of the molecule is COC(=O)c1ccc(C)c(S(=O)(=O)N(C)CCOc2ccccc2F)c1. The molecule has 0 saturated carbocycles. The number of hydrogen-bond donors (Lipinski definition) is 0. The van der Waals surface area contributed by atoms with E-state index < -0.39 is 21.8 Å². The maximum Gasteiger partial charge on any atom is 0.337 e. The number of para-hydroxylation sites is 1. The highest BCUT2D eigenvalue weighted by atomic mass is 32.2. The Balaban J connectivity index is 2.13. The van der Waals surface area contributed by atoms with E-state index in [0.717, 1.165) is 4.31 Å². The van der Waals surface area contributed by atoms with E-state index in [1.807, 2.05) is 0 Å². The first-order valence-electron chi connectivity index (χ1n) is 7.80. The molecule has 0 fully saturated rings. The first-order valence-corrected chi connectivity index (χ1v) is 9.24. The molecule has 0 unspecified atom stereocenters. The second-order valence-corrected chi connectivity index (χ2v) is 7.59. The van der Waals surface area contributed by atoms with Crippen LogP contribution in [-0.2, 0) is 14.8 Å². The number of halogens is 1. The Bertz CT molecular complexity index is 898. The minimum atomic E-state index is -3.85. The number of sulfonamides is 1. The zero-order valence-electron chi connectivity index (χ0n) is 14.7. The molecule has 26 heavy (non-hydrogen) atoms. The van der Waals surface area contributed by atoms with Crippen LogP contribution in [0.5, 0.6) is 5.75 Å². The van der Waals surface area contributed by atoms with E-state index in [1.165, 1.54) is 44.5 Å². The molecule has 0 radical (unpaired) electrons. The molecule has 0 amide bonds. The summed E-state index contributed by atoms with van der Waals surface area (Å²) in [6.07, 6.45) is 0. The molecule has 6 nitrogen and oxygen atoms in total. The predicted octanol–water partition coefficient (Wildman–Crippen LogP) is 2.62. The molecule has 0 N–H and O–H groups in total. The van der Waals surface area contributed by atoms with Crippen molar-refractivity contribution in [3.63, 3.8) is 0 Å². The van der Waals surface area contributed by atoms with Crippen molar-refractivity contribution in [2.45, 2.75) is 11.8 Å². The molecule has 0 bridgehead atoms. The fourth-order valence-electron chi connectivity index (χ4n) is 2.26. The number of esters is 1. The maximum atomic E-state index is 13.5. The lowest BCUT2D eigenvalue weighted by Gasteiger charge is -2.19. The van der Waals surface area contributed by atoms with Crippen LogP contribution in [-0.4, -0.2) is 46.0 Å². The Morgan fingerprint density at radius 3 is 2.54 bits per heavy atom. The average molecular weight is 381 g/mol. The van der Waals surface area contributed by atoms with Gasteiger partial charge in [0.25, 0.3) is 0 Å². The number of hydrogen-bond acceptors (Lipinski definition) is 5. The van der Waals surface area contributed by atoms with Crippen molar-refractivity contribution in [3.05, 3.63) is 59.4 Å². The molecule has 0 saturated heterocycles. The van der Waals surface area contributed by atoms with Gasteiger partial charge in [-0.1, -0.05) is 18.2 Å². The van der Waals surface area contributed by atoms with Gasteiger partial charge in [0, 0.05) is 13.6 Å². The van der Waals surface area contributed by atoms with Gasteiger partial charge in [-0.25, -0.2) is 17.6 Å². The summed E-state index contributed by atoms with van der Waals surface area (Å²) in [7, 11) is -1.23. The van der Waals surface area contributed by atoms with Gasteiger partial charge in [-0.15, -0.1) is 0 Å². The van der Waals surface area contributed by atoms with Gasteiger partial charge in [0.1, 0.15) is 6.61 Å². The van der Waals surface area contributed by atoms with Crippen molar-refractivity contribution in [1.82, 2.24) is 4.31 Å². The van der Waals surface area contributed by atoms with E-state index in [1.54, 1.807) is 19.1 Å². The highest BCUT2D eigenvalue weighted by Crippen LogP contribution is 2.21. The smallest absolute Gasteiger partial charge is 0.337 e. The summed E-state index contributed by atoms with van der Waals surface area (Å²) in [6.45, 7) is 1.63. The van der Waals surface area contributed by atoms with Gasteiger partial charge in [-0.05, 0) is 36.8 Å². The fourth-order valence-corrected chi connectivity index (χ4v) is 3.66. The Morgan fingerprint density at radius 1 is 1.19 bits per heavy atom. The van der Waals surface area contributed by atoms with Crippen molar-refractivity contribution in [3.8, 4) is 5.75 Å². The Labute approximate surface area is 152 Å². The zero-order valence-corrected chi connectivity index (χ0v) is 15.5. The van der Waals surface area contributed by atoms with Gasteiger partial charge in [0.15, 0.2) is 11.6 Å². The third-order valence-electron chi connectivity index (χ3n) is 3.80. The summed E-state index contributed by atoms with van der Waals surface area (Å²) in [5.74, 6) is -1.08. The Morgan fingerprint density at radius 2 is 1.88 bits per heavy atom. The standard InChI is InChI=1S/C18H20FNO5S/c1-13-8-9-14(18(21)24-3)12-17(13)26(22,23)20(2)10-11-25-16-7-5-4-6-15(16)19/h4-9,12H,10-11H2,1-3H3. The van der Waals surface area contributed by atoms with Crippen LogP contribution >= 0.6 is 0 Å². The monoisotopic (exact) mass is 381 g/mol. The first kappa shape index (κ1) is 19.9. The van der Waals surface area contributed by atoms with Crippen molar-refractivity contribution in [2.24, 2.45) is 0 Å². The van der Waals surface area contributed by atoms with Gasteiger partial charge in [0.2, 0.25) is 10.0 Å². The fraction of sp³-hybridized carbons (Fsp3) is 0.278. The predicted molar refractivity (Wildman–Crippen MR) is 94.2 cm³/mol. The highest BCUT2D eigenvalue weighted by Gasteiger charge is 2.24. The quantitative estimate of drug-likeness (QED) is 0.690. The van der Waals surface area contributed by atoms with Crippen LogP contribution in [0.25, 0.3) is 0 Å². The lowest BCUT2D eigenvalue weighted by molar-refractivity contribution is 0.0600. The van der Waals surface area contributed by atoms with Crippen LogP contribution in [0, 0.1) is 12.7 Å². The first-order chi connectivity index (χ1) is 12.3. The molecule has 2 rings (SSSR count). The number of carbonyl (C=O) groups excluding carboxylic acids is 1. The minimum Gasteiger partial charge on any atom is -0.489 e. The molecule has 2 aromatic rings. The minimum absolute atomic E-state index is 0.00814. The van der Waals surface area contributed by atoms with E-state index >= 15 is 0 Å². The van der Waals surface area contributed by atoms with Crippen LogP contribution in [0.2, 0.25) is 0 Å². The molecule has 0 spiro atoms. The summed E-state index contributed by atoms with van der Waals surface area (Å²) in [6, 6.07) is 10.2. The normalized spacial score (nSPS) is 11.4. The Kier molecular flexibility index (Phi) is 6.33. The topological polar surface area (TPSA) is 72.9 Å². The van der Waals surface area contributed by atoms with E-state index in [0.29, 0.717) is 5.56 Å². The molecule has 140 valence electrons. The van der Waals surface area contributed by atoms with Crippen molar-refractivity contribution in [2.75, 3.05) is 27.3 Å². The Hall–Kier alpha value is -2.45. The molecule has 0 aliphatic heterocycles. The molecule has 0 aromatic heterocycles. The van der Waals surface area contributed by atoms with Crippen molar-refractivity contribution >= 4 is 16.0 Å². The summed E-state index contributed by atoms with van der Waals surface area (Å²) < 4.78 is 50.1. The lowest BCUT2D eigenvalue weighted by atomic mass is 10.1. The van der Waals surface area contributed by atoms with Gasteiger partial charge < -0.3 is 9.47 Å². The average Bonchev–Trinajstić information content (AvgIpc) is 2.62. The van der Waals surface area contributed by atoms with Gasteiger partial charge in [0.05, 0.1) is 17.6 Å². The summed E-state index contributed by atoms with van der Waals surface area (Å²) >= 11 is 0. The molecular formula is C18H20FNO5S. The van der Waals surface area contributed by atoms with Crippen molar-refractivity contribution in [1.29, 1.82) is 0 Å². The van der Waals surface area contributed by atoms with Crippen LogP contribution in [0.1, 0.15) is 15.9 Å². The van der Waals surface area contributed by atoms with Crippen LogP contribution in [0.4, 0.5) is 4.39 Å². The number of carbonyl (C=O) groups is 1. The second-order valence-electron chi connectivity index (χ2n) is 5.58. The molecule has 0 atom stereocenters. The van der Waals surface area contributed by atoms with Crippen LogP contribution in [0.3, 0.4) is 0 Å². The van der Waals surface area contributed by atoms with Gasteiger partial charge in [-0.2, -0.15) is 4.31 Å². The number of aryl methyl sites for hydroxylation is 1. The number of likely N-dealkylation sites (N-methyl/N-ethyl adjacent to an activating group) is 1. The molecule has 0 heterocycles. The number of benzene rings is 2. The molecule has 0 aliphatic rings. The summed E-state index contributed by atoms with van der Waals surface area (Å²) in [4.78, 5) is 11.7. The number of methoxy groups -OCH3 is 1. The van der Waals surface area contributed by atoms with E-state index in [9.17, 15) is 17.6 Å². The number of nitrogens with zero attached hydrogens (tertiary/aromatic N) is 1. The van der Waals surface area contributed by atoms with E-state index in [-0.39, 0.29) is 29.4 Å². The summed E-state index contributed by atoms with van der Waals surface area (Å²) in [5.41, 5.74) is 0.646. The largest absolute Gasteiger partial charge is 0.489 e. The third-order valence-corrected chi connectivity index (χ3v) is 5.80. The summed E-state index contributed by atoms with van der Waals surface area (Å²) in [5, 5.41) is 0. The second kappa shape index (κ2) is 8.29. The molecule has 8 heteroatoms. The lowest BCUT2D eigenvalue weighted by Crippen LogP contribution is -2.31. The number of ether oxygens (including phenoxy) is 2. The zero-order chi connectivity index (χ0) is 19.3. The van der Waals surface area contributed by atoms with Crippen LogP contribution < -0.4 is 4.74 Å². The molecule has 2 aromatic carbocycles. The van der Waals surface area contributed by atoms with Gasteiger partial charge in [-0.3, -0.25) is 0 Å².